The molecule has 0 aliphatic carbocycles. The summed E-state index contributed by atoms with van der Waals surface area (Å²) in [6.45, 7) is 4.08. The summed E-state index contributed by atoms with van der Waals surface area (Å²) in [5, 5.41) is 2.95. The quantitative estimate of drug-likeness (QED) is 0.825. The second-order valence-electron chi connectivity index (χ2n) is 4.96. The minimum atomic E-state index is -0.614. The summed E-state index contributed by atoms with van der Waals surface area (Å²) >= 11 is 1.00. The van der Waals surface area contributed by atoms with Crippen molar-refractivity contribution in [2.75, 3.05) is 25.6 Å². The molecule has 0 spiro atoms. The highest BCUT2D eigenvalue weighted by Gasteiger charge is 2.30. The summed E-state index contributed by atoms with van der Waals surface area (Å²) in [7, 11) is 1.25. The average Bonchev–Trinajstić information content (AvgIpc) is 3.15. The molecule has 1 amide bonds. The molecule has 1 saturated heterocycles. The number of carbonyl (C=O) groups excluding carboxylic acids is 3. The van der Waals surface area contributed by atoms with Gasteiger partial charge in [0.25, 0.3) is 5.91 Å². The molecule has 0 unspecified atom stereocenters. The van der Waals surface area contributed by atoms with E-state index in [1.54, 1.807) is 13.8 Å². The fraction of sp³-hybridized carbons (Fsp3) is 0.533. The number of carbonyl (C=O) groups is 3. The van der Waals surface area contributed by atoms with Crippen LogP contribution in [0.3, 0.4) is 0 Å². The molecule has 1 fully saturated rings. The van der Waals surface area contributed by atoms with Crippen molar-refractivity contribution in [2.45, 2.75) is 32.8 Å². The van der Waals surface area contributed by atoms with Crippen molar-refractivity contribution in [3.63, 3.8) is 0 Å². The van der Waals surface area contributed by atoms with Crippen molar-refractivity contribution in [3.05, 3.63) is 16.0 Å². The maximum Gasteiger partial charge on any atom is 0.348 e. The summed E-state index contributed by atoms with van der Waals surface area (Å²) in [6, 6.07) is 0. The first-order valence-electron chi connectivity index (χ1n) is 7.30. The number of ether oxygens (including phenoxy) is 3. The standard InChI is InChI=1S/C15H19NO6S/c1-4-21-15(19)11-8(2)10(14(18)20-3)13(23-11)16-12(17)9-6-5-7-22-9/h9H,4-7H2,1-3H3,(H,16,17)/t9-/m0/s1. The zero-order valence-electron chi connectivity index (χ0n) is 13.3. The third-order valence-corrected chi connectivity index (χ3v) is 4.64. The summed E-state index contributed by atoms with van der Waals surface area (Å²) in [4.78, 5) is 36.5. The van der Waals surface area contributed by atoms with E-state index in [0.717, 1.165) is 17.8 Å². The van der Waals surface area contributed by atoms with Gasteiger partial charge in [0, 0.05) is 6.61 Å². The largest absolute Gasteiger partial charge is 0.465 e. The zero-order valence-corrected chi connectivity index (χ0v) is 14.1. The van der Waals surface area contributed by atoms with Crippen LogP contribution in [-0.4, -0.2) is 44.3 Å². The number of thiophene rings is 1. The topological polar surface area (TPSA) is 90.9 Å². The van der Waals surface area contributed by atoms with Gasteiger partial charge in [0.15, 0.2) is 0 Å². The molecular formula is C15H19NO6S. The fourth-order valence-electron chi connectivity index (χ4n) is 2.32. The molecule has 1 aliphatic heterocycles. The number of nitrogens with one attached hydrogen (secondary N) is 1. The molecule has 1 aromatic heterocycles. The lowest BCUT2D eigenvalue weighted by molar-refractivity contribution is -0.124. The molecule has 1 atom stereocenters. The second-order valence-corrected chi connectivity index (χ2v) is 5.98. The van der Waals surface area contributed by atoms with Crippen LogP contribution in [0.2, 0.25) is 0 Å². The number of anilines is 1. The molecule has 7 nitrogen and oxygen atoms in total. The van der Waals surface area contributed by atoms with E-state index in [9.17, 15) is 14.4 Å². The highest BCUT2D eigenvalue weighted by molar-refractivity contribution is 7.18. The van der Waals surface area contributed by atoms with E-state index in [4.69, 9.17) is 14.2 Å². The van der Waals surface area contributed by atoms with Crippen molar-refractivity contribution in [2.24, 2.45) is 0 Å². The lowest BCUT2D eigenvalue weighted by Crippen LogP contribution is -2.27. The molecule has 1 aromatic rings. The van der Waals surface area contributed by atoms with Crippen LogP contribution in [0.5, 0.6) is 0 Å². The Morgan fingerprint density at radius 3 is 2.65 bits per heavy atom. The Kier molecular flexibility index (Phi) is 5.73. The maximum atomic E-state index is 12.2. The van der Waals surface area contributed by atoms with Gasteiger partial charge in [-0.3, -0.25) is 4.79 Å². The van der Waals surface area contributed by atoms with Crippen LogP contribution >= 0.6 is 11.3 Å². The summed E-state index contributed by atoms with van der Waals surface area (Å²) < 4.78 is 15.0. The Morgan fingerprint density at radius 1 is 1.35 bits per heavy atom. The van der Waals surface area contributed by atoms with Gasteiger partial charge in [-0.25, -0.2) is 9.59 Å². The molecule has 23 heavy (non-hydrogen) atoms. The number of rotatable bonds is 5. The number of esters is 2. The molecular weight excluding hydrogens is 322 g/mol. The number of hydrogen-bond acceptors (Lipinski definition) is 7. The second kappa shape index (κ2) is 7.56. The number of hydrogen-bond donors (Lipinski definition) is 1. The van der Waals surface area contributed by atoms with E-state index in [-0.39, 0.29) is 28.0 Å². The van der Waals surface area contributed by atoms with Crippen LogP contribution in [0.15, 0.2) is 0 Å². The van der Waals surface area contributed by atoms with Crippen molar-refractivity contribution in [3.8, 4) is 0 Å². The van der Waals surface area contributed by atoms with Gasteiger partial charge in [0.2, 0.25) is 0 Å². The minimum absolute atomic E-state index is 0.173. The predicted molar refractivity (Wildman–Crippen MR) is 84.0 cm³/mol. The van der Waals surface area contributed by atoms with Crippen LogP contribution in [0.4, 0.5) is 5.00 Å². The van der Waals surface area contributed by atoms with Gasteiger partial charge in [0.05, 0.1) is 19.3 Å². The SMILES string of the molecule is CCOC(=O)c1sc(NC(=O)[C@@H]2CCCO2)c(C(=O)OC)c1C. The fourth-order valence-corrected chi connectivity index (χ4v) is 3.41. The molecule has 2 rings (SSSR count). The maximum absolute atomic E-state index is 12.2. The van der Waals surface area contributed by atoms with E-state index >= 15 is 0 Å². The first kappa shape index (κ1) is 17.4. The highest BCUT2D eigenvalue weighted by atomic mass is 32.1. The van der Waals surface area contributed by atoms with Gasteiger partial charge in [0.1, 0.15) is 16.0 Å². The minimum Gasteiger partial charge on any atom is -0.465 e. The molecule has 2 heterocycles. The zero-order chi connectivity index (χ0) is 17.0. The van der Waals surface area contributed by atoms with Gasteiger partial charge in [-0.05, 0) is 32.3 Å². The van der Waals surface area contributed by atoms with Crippen LogP contribution < -0.4 is 5.32 Å². The Morgan fingerprint density at radius 2 is 2.09 bits per heavy atom. The van der Waals surface area contributed by atoms with Gasteiger partial charge in [-0.1, -0.05) is 0 Å². The Hall–Kier alpha value is -1.93. The smallest absolute Gasteiger partial charge is 0.348 e. The third kappa shape index (κ3) is 3.70. The van der Waals surface area contributed by atoms with Gasteiger partial charge in [-0.2, -0.15) is 0 Å². The van der Waals surface area contributed by atoms with E-state index in [0.29, 0.717) is 18.6 Å². The summed E-state index contributed by atoms with van der Waals surface area (Å²) in [5.74, 6) is -1.47. The normalized spacial score (nSPS) is 16.9. The Labute approximate surface area is 137 Å². The van der Waals surface area contributed by atoms with Gasteiger partial charge >= 0.3 is 11.9 Å². The van der Waals surface area contributed by atoms with E-state index in [1.807, 2.05) is 0 Å². The lowest BCUT2D eigenvalue weighted by Gasteiger charge is -2.10. The van der Waals surface area contributed by atoms with Crippen molar-refractivity contribution < 1.29 is 28.6 Å². The van der Waals surface area contributed by atoms with E-state index < -0.39 is 18.0 Å². The van der Waals surface area contributed by atoms with Crippen molar-refractivity contribution in [1.82, 2.24) is 0 Å². The monoisotopic (exact) mass is 341 g/mol. The summed E-state index contributed by atoms with van der Waals surface area (Å²) in [5.41, 5.74) is 0.606. The lowest BCUT2D eigenvalue weighted by atomic mass is 10.1. The molecule has 126 valence electrons. The van der Waals surface area contributed by atoms with E-state index in [1.165, 1.54) is 7.11 Å². The van der Waals surface area contributed by atoms with E-state index in [2.05, 4.69) is 5.32 Å². The highest BCUT2D eigenvalue weighted by Crippen LogP contribution is 2.34. The van der Waals surface area contributed by atoms with Crippen LogP contribution in [0.1, 0.15) is 45.4 Å². The Balaban J connectivity index is 2.32. The predicted octanol–water partition coefficient (Wildman–Crippen LogP) is 2.14. The molecule has 1 aliphatic rings. The molecule has 0 radical (unpaired) electrons. The van der Waals surface area contributed by atoms with Gasteiger partial charge < -0.3 is 19.5 Å². The van der Waals surface area contributed by atoms with Crippen LogP contribution in [-0.2, 0) is 19.0 Å². The van der Waals surface area contributed by atoms with Gasteiger partial charge in [-0.15, -0.1) is 11.3 Å². The van der Waals surface area contributed by atoms with Crippen LogP contribution in [0.25, 0.3) is 0 Å². The molecule has 1 N–H and O–H groups in total. The first-order chi connectivity index (χ1) is 11.0. The molecule has 0 bridgehead atoms. The average molecular weight is 341 g/mol. The number of methoxy groups -OCH3 is 1. The molecule has 8 heteroatoms. The van der Waals surface area contributed by atoms with Crippen molar-refractivity contribution >= 4 is 34.2 Å². The first-order valence-corrected chi connectivity index (χ1v) is 8.12. The third-order valence-electron chi connectivity index (χ3n) is 3.46. The number of amides is 1. The van der Waals surface area contributed by atoms with Crippen molar-refractivity contribution in [1.29, 1.82) is 0 Å². The summed E-state index contributed by atoms with van der Waals surface area (Å²) in [6.07, 6.45) is 0.919. The van der Waals surface area contributed by atoms with Crippen LogP contribution in [0, 0.1) is 6.92 Å². The Bertz CT molecular complexity index is 618. The molecule has 0 aromatic carbocycles. The molecule has 0 saturated carbocycles.